The molecule has 4 rings (SSSR count). The summed E-state index contributed by atoms with van der Waals surface area (Å²) in [4.78, 5) is 17.0. The topological polar surface area (TPSA) is 59.0 Å². The molecular weight excluding hydrogens is 355 g/mol. The van der Waals surface area contributed by atoms with Gasteiger partial charge in [-0.1, -0.05) is 42.5 Å². The number of urea groups is 1. The highest BCUT2D eigenvalue weighted by molar-refractivity contribution is 5.75. The number of halogens is 1. The van der Waals surface area contributed by atoms with Crippen LogP contribution in [0.3, 0.4) is 0 Å². The number of carbonyl (C=O) groups is 1. The number of nitrogens with zero attached hydrogens (tertiary/aromatic N) is 2. The summed E-state index contributed by atoms with van der Waals surface area (Å²) in [7, 11) is 1.85. The Morgan fingerprint density at radius 3 is 2.64 bits per heavy atom. The smallest absolute Gasteiger partial charge is 0.315 e. The van der Waals surface area contributed by atoms with E-state index in [0.29, 0.717) is 17.9 Å². The van der Waals surface area contributed by atoms with E-state index in [0.717, 1.165) is 12.8 Å². The average molecular weight is 378 g/mol. The Morgan fingerprint density at radius 2 is 2.00 bits per heavy atom. The van der Waals surface area contributed by atoms with Crippen molar-refractivity contribution in [2.24, 2.45) is 7.05 Å². The fourth-order valence-electron chi connectivity index (χ4n) is 3.58. The van der Waals surface area contributed by atoms with Crippen LogP contribution in [0, 0.1) is 5.82 Å². The molecule has 1 aromatic heterocycles. The molecule has 1 heterocycles. The van der Waals surface area contributed by atoms with Crippen LogP contribution >= 0.6 is 0 Å². The number of benzene rings is 2. The molecule has 0 bridgehead atoms. The second-order valence-corrected chi connectivity index (χ2v) is 7.36. The maximum Gasteiger partial charge on any atom is 0.315 e. The van der Waals surface area contributed by atoms with Crippen molar-refractivity contribution in [3.05, 3.63) is 89.8 Å². The predicted molar refractivity (Wildman–Crippen MR) is 105 cm³/mol. The van der Waals surface area contributed by atoms with Gasteiger partial charge in [-0.3, -0.25) is 0 Å². The van der Waals surface area contributed by atoms with Crippen molar-refractivity contribution in [3.63, 3.8) is 0 Å². The quantitative estimate of drug-likeness (QED) is 0.687. The average Bonchev–Trinajstić information content (AvgIpc) is 3.39. The standard InChI is InChI=1S/C22H23FN4O/c1-27-13-12-24-20(27)19(16-6-5-9-18(23)14-16)26-21(28)25-15-22(10-11-22)17-7-3-2-4-8-17/h2-9,12-14,19H,10-11,15H2,1H3,(H2,25,26,28). The number of imidazole rings is 1. The minimum Gasteiger partial charge on any atom is -0.337 e. The molecule has 1 aliphatic carbocycles. The van der Waals surface area contributed by atoms with Gasteiger partial charge in [0.15, 0.2) is 0 Å². The molecule has 1 atom stereocenters. The molecule has 0 radical (unpaired) electrons. The number of aryl methyl sites for hydroxylation is 1. The second-order valence-electron chi connectivity index (χ2n) is 7.36. The van der Waals surface area contributed by atoms with Crippen LogP contribution in [0.1, 0.15) is 35.8 Å². The van der Waals surface area contributed by atoms with E-state index in [4.69, 9.17) is 0 Å². The van der Waals surface area contributed by atoms with Gasteiger partial charge < -0.3 is 15.2 Å². The van der Waals surface area contributed by atoms with Crippen molar-refractivity contribution in [1.29, 1.82) is 0 Å². The number of hydrogen-bond donors (Lipinski definition) is 2. The molecule has 3 aromatic rings. The van der Waals surface area contributed by atoms with Gasteiger partial charge in [0.2, 0.25) is 0 Å². The highest BCUT2D eigenvalue weighted by atomic mass is 19.1. The summed E-state index contributed by atoms with van der Waals surface area (Å²) in [6.07, 6.45) is 5.58. The van der Waals surface area contributed by atoms with E-state index in [2.05, 4.69) is 27.8 Å². The molecule has 1 unspecified atom stereocenters. The summed E-state index contributed by atoms with van der Waals surface area (Å²) in [5.74, 6) is 0.296. The molecule has 6 heteroatoms. The summed E-state index contributed by atoms with van der Waals surface area (Å²) in [5, 5.41) is 5.95. The predicted octanol–water partition coefficient (Wildman–Crippen LogP) is 3.68. The van der Waals surface area contributed by atoms with Gasteiger partial charge in [0.1, 0.15) is 17.7 Å². The van der Waals surface area contributed by atoms with E-state index in [9.17, 15) is 9.18 Å². The molecule has 28 heavy (non-hydrogen) atoms. The maximum atomic E-state index is 13.8. The Bertz CT molecular complexity index is 965. The highest BCUT2D eigenvalue weighted by Gasteiger charge is 2.44. The third-order valence-corrected chi connectivity index (χ3v) is 5.40. The van der Waals surface area contributed by atoms with Gasteiger partial charge >= 0.3 is 6.03 Å². The van der Waals surface area contributed by atoms with Crippen molar-refractivity contribution in [1.82, 2.24) is 20.2 Å². The van der Waals surface area contributed by atoms with E-state index in [1.165, 1.54) is 17.7 Å². The minimum absolute atomic E-state index is 0.0240. The molecule has 2 N–H and O–H groups in total. The molecule has 0 aliphatic heterocycles. The number of carbonyl (C=O) groups excluding carboxylic acids is 1. The van der Waals surface area contributed by atoms with Crippen molar-refractivity contribution in [3.8, 4) is 0 Å². The van der Waals surface area contributed by atoms with Crippen LogP contribution < -0.4 is 10.6 Å². The number of amides is 2. The van der Waals surface area contributed by atoms with Crippen LogP contribution in [0.25, 0.3) is 0 Å². The van der Waals surface area contributed by atoms with Gasteiger partial charge in [0.25, 0.3) is 0 Å². The Hall–Kier alpha value is -3.15. The largest absolute Gasteiger partial charge is 0.337 e. The van der Waals surface area contributed by atoms with E-state index in [1.807, 2.05) is 29.8 Å². The second kappa shape index (κ2) is 7.46. The van der Waals surface area contributed by atoms with Crippen molar-refractivity contribution in [2.45, 2.75) is 24.3 Å². The molecule has 1 aliphatic rings. The van der Waals surface area contributed by atoms with Crippen molar-refractivity contribution >= 4 is 6.03 Å². The zero-order chi connectivity index (χ0) is 19.6. The molecule has 144 valence electrons. The molecule has 5 nitrogen and oxygen atoms in total. The third kappa shape index (κ3) is 3.76. The maximum absolute atomic E-state index is 13.8. The molecule has 2 aromatic carbocycles. The zero-order valence-corrected chi connectivity index (χ0v) is 15.7. The van der Waals surface area contributed by atoms with E-state index >= 15 is 0 Å². The molecule has 0 spiro atoms. The summed E-state index contributed by atoms with van der Waals surface area (Å²) in [5.41, 5.74) is 1.92. The molecular formula is C22H23FN4O. The molecule has 1 saturated carbocycles. The van der Waals surface area contributed by atoms with Gasteiger partial charge in [0.05, 0.1) is 0 Å². The minimum atomic E-state index is -0.539. The van der Waals surface area contributed by atoms with Crippen LogP contribution in [0.15, 0.2) is 67.0 Å². The highest BCUT2D eigenvalue weighted by Crippen LogP contribution is 2.47. The third-order valence-electron chi connectivity index (χ3n) is 5.40. The first-order valence-electron chi connectivity index (χ1n) is 9.40. The molecule has 1 fully saturated rings. The van der Waals surface area contributed by atoms with Gasteiger partial charge in [-0.25, -0.2) is 14.2 Å². The Balaban J connectivity index is 1.48. The van der Waals surface area contributed by atoms with Gasteiger partial charge in [-0.2, -0.15) is 0 Å². The first-order valence-corrected chi connectivity index (χ1v) is 9.40. The normalized spacial score (nSPS) is 15.6. The van der Waals surface area contributed by atoms with Crippen LogP contribution in [-0.4, -0.2) is 22.1 Å². The lowest BCUT2D eigenvalue weighted by Gasteiger charge is -2.21. The monoisotopic (exact) mass is 378 g/mol. The molecule has 2 amide bonds. The fraction of sp³-hybridized carbons (Fsp3) is 0.273. The van der Waals surface area contributed by atoms with Gasteiger partial charge in [0, 0.05) is 31.4 Å². The van der Waals surface area contributed by atoms with Crippen LogP contribution in [0.5, 0.6) is 0 Å². The van der Waals surface area contributed by atoms with E-state index in [-0.39, 0.29) is 17.3 Å². The first-order chi connectivity index (χ1) is 13.6. The summed E-state index contributed by atoms with van der Waals surface area (Å²) in [6, 6.07) is 15.7. The molecule has 0 saturated heterocycles. The summed E-state index contributed by atoms with van der Waals surface area (Å²) < 4.78 is 15.6. The number of hydrogen-bond acceptors (Lipinski definition) is 2. The lowest BCUT2D eigenvalue weighted by Crippen LogP contribution is -2.42. The fourth-order valence-corrected chi connectivity index (χ4v) is 3.58. The summed E-state index contributed by atoms with van der Waals surface area (Å²) in [6.45, 7) is 0.569. The lowest BCUT2D eigenvalue weighted by atomic mass is 9.96. The van der Waals surface area contributed by atoms with Gasteiger partial charge in [-0.15, -0.1) is 0 Å². The van der Waals surface area contributed by atoms with Crippen LogP contribution in [-0.2, 0) is 12.5 Å². The Morgan fingerprint density at radius 1 is 1.21 bits per heavy atom. The SMILES string of the molecule is Cn1ccnc1C(NC(=O)NCC1(c2ccccc2)CC1)c1cccc(F)c1. The van der Waals surface area contributed by atoms with Crippen molar-refractivity contribution in [2.75, 3.05) is 6.54 Å². The van der Waals surface area contributed by atoms with Crippen LogP contribution in [0.2, 0.25) is 0 Å². The van der Waals surface area contributed by atoms with E-state index < -0.39 is 6.04 Å². The number of rotatable bonds is 6. The van der Waals surface area contributed by atoms with E-state index in [1.54, 1.807) is 24.5 Å². The number of nitrogens with one attached hydrogen (secondary N) is 2. The lowest BCUT2D eigenvalue weighted by molar-refractivity contribution is 0.237. The summed E-state index contributed by atoms with van der Waals surface area (Å²) >= 11 is 0. The Kier molecular flexibility index (Phi) is 4.86. The first kappa shape index (κ1) is 18.2. The van der Waals surface area contributed by atoms with Crippen molar-refractivity contribution < 1.29 is 9.18 Å². The number of aromatic nitrogens is 2. The van der Waals surface area contributed by atoms with Crippen LogP contribution in [0.4, 0.5) is 9.18 Å². The Labute approximate surface area is 163 Å². The zero-order valence-electron chi connectivity index (χ0n) is 15.7. The van der Waals surface area contributed by atoms with Gasteiger partial charge in [-0.05, 0) is 36.1 Å².